The van der Waals surface area contributed by atoms with E-state index in [4.69, 9.17) is 16.7 Å². The Morgan fingerprint density at radius 3 is 2.25 bits per heavy atom. The average Bonchev–Trinajstić information content (AvgIpc) is 1.65. The molecule has 0 saturated heterocycles. The van der Waals surface area contributed by atoms with E-state index >= 15 is 0 Å². The zero-order valence-corrected chi connectivity index (χ0v) is 6.02. The molecule has 0 radical (unpaired) electrons. The highest BCUT2D eigenvalue weighted by molar-refractivity contribution is 6.18. The molecule has 0 saturated carbocycles. The van der Waals surface area contributed by atoms with Gasteiger partial charge in [0.25, 0.3) is 0 Å². The molecule has 0 aromatic heterocycles. The van der Waals surface area contributed by atoms with Crippen LogP contribution in [0, 0.1) is 0 Å². The molecular weight excluding hydrogens is 126 g/mol. The molecule has 0 heterocycles. The summed E-state index contributed by atoms with van der Waals surface area (Å²) in [6.45, 7) is 0.642. The summed E-state index contributed by atoms with van der Waals surface area (Å²) in [6.07, 6.45) is -0.383. The van der Waals surface area contributed by atoms with Crippen molar-refractivity contribution < 1.29 is 5.11 Å². The van der Waals surface area contributed by atoms with Gasteiger partial charge in [0, 0.05) is 12.4 Å². The van der Waals surface area contributed by atoms with E-state index in [0.717, 1.165) is 0 Å². The van der Waals surface area contributed by atoms with Crippen LogP contribution in [0.2, 0.25) is 0 Å². The van der Waals surface area contributed by atoms with Crippen LogP contribution in [0.1, 0.15) is 0 Å². The lowest BCUT2D eigenvalue weighted by molar-refractivity contribution is 0.157. The Labute approximate surface area is 55.1 Å². The first-order valence-electron chi connectivity index (χ1n) is 2.55. The fourth-order valence-electron chi connectivity index (χ4n) is 0.470. The number of alkyl halides is 1. The molecule has 0 aliphatic carbocycles. The van der Waals surface area contributed by atoms with Crippen molar-refractivity contribution in [1.82, 2.24) is 4.90 Å². The van der Waals surface area contributed by atoms with Crippen LogP contribution in [0.4, 0.5) is 0 Å². The molecule has 0 rings (SSSR count). The lowest BCUT2D eigenvalue weighted by atomic mass is 10.4. The molecule has 50 valence electrons. The second kappa shape index (κ2) is 4.13. The monoisotopic (exact) mass is 137 g/mol. The Morgan fingerprint density at radius 2 is 2.12 bits per heavy atom. The molecule has 1 atom stereocenters. The molecule has 3 heteroatoms. The van der Waals surface area contributed by atoms with Crippen molar-refractivity contribution in [2.75, 3.05) is 26.5 Å². The van der Waals surface area contributed by atoms with E-state index in [1.807, 2.05) is 19.0 Å². The number of aliphatic hydroxyl groups is 1. The number of aliphatic hydroxyl groups excluding tert-OH is 1. The predicted octanol–water partition coefficient (Wildman–Crippen LogP) is 0.148. The Balaban J connectivity index is 3.10. The van der Waals surface area contributed by atoms with Crippen LogP contribution < -0.4 is 0 Å². The molecule has 0 aromatic rings. The molecular formula is C5H12ClNO. The molecule has 0 aliphatic rings. The summed E-state index contributed by atoms with van der Waals surface area (Å²) in [6, 6.07) is 0. The topological polar surface area (TPSA) is 23.5 Å². The third-order valence-electron chi connectivity index (χ3n) is 0.754. The van der Waals surface area contributed by atoms with Gasteiger partial charge in [-0.15, -0.1) is 11.6 Å². The molecule has 0 spiro atoms. The Kier molecular flexibility index (Phi) is 4.23. The Hall–Kier alpha value is 0.210. The second-order valence-electron chi connectivity index (χ2n) is 2.07. The van der Waals surface area contributed by atoms with Crippen LogP contribution >= 0.6 is 11.6 Å². The van der Waals surface area contributed by atoms with E-state index in [2.05, 4.69) is 0 Å². The first-order chi connectivity index (χ1) is 3.66. The molecule has 0 bridgehead atoms. The van der Waals surface area contributed by atoms with Crippen molar-refractivity contribution in [1.29, 1.82) is 0 Å². The van der Waals surface area contributed by atoms with Gasteiger partial charge in [0.05, 0.1) is 6.10 Å². The summed E-state index contributed by atoms with van der Waals surface area (Å²) in [5.74, 6) is 0.318. The zero-order valence-electron chi connectivity index (χ0n) is 5.26. The van der Waals surface area contributed by atoms with E-state index in [1.54, 1.807) is 0 Å². The SMILES string of the molecule is CN(C)CC(O)CCl. The van der Waals surface area contributed by atoms with Crippen LogP contribution in [0.15, 0.2) is 0 Å². The van der Waals surface area contributed by atoms with Gasteiger partial charge in [-0.25, -0.2) is 0 Å². The minimum absolute atomic E-state index is 0.318. The van der Waals surface area contributed by atoms with Crippen LogP contribution in [-0.2, 0) is 0 Å². The van der Waals surface area contributed by atoms with Gasteiger partial charge in [-0.1, -0.05) is 0 Å². The number of hydrogen-bond donors (Lipinski definition) is 1. The van der Waals surface area contributed by atoms with Gasteiger partial charge in [0.1, 0.15) is 0 Å². The summed E-state index contributed by atoms with van der Waals surface area (Å²) >= 11 is 5.32. The second-order valence-corrected chi connectivity index (χ2v) is 2.38. The van der Waals surface area contributed by atoms with Gasteiger partial charge in [0.15, 0.2) is 0 Å². The van der Waals surface area contributed by atoms with Crippen LogP contribution in [0.25, 0.3) is 0 Å². The first kappa shape index (κ1) is 8.21. The molecule has 0 aliphatic heterocycles. The zero-order chi connectivity index (χ0) is 6.57. The standard InChI is InChI=1S/C5H12ClNO/c1-7(2)4-5(8)3-6/h5,8H,3-4H2,1-2H3. The normalized spacial score (nSPS) is 14.6. The predicted molar refractivity (Wildman–Crippen MR) is 35.3 cm³/mol. The number of halogens is 1. The molecule has 2 nitrogen and oxygen atoms in total. The van der Waals surface area contributed by atoms with Gasteiger partial charge < -0.3 is 10.0 Å². The van der Waals surface area contributed by atoms with Gasteiger partial charge in [-0.05, 0) is 14.1 Å². The number of rotatable bonds is 3. The van der Waals surface area contributed by atoms with E-state index in [1.165, 1.54) is 0 Å². The number of likely N-dealkylation sites (N-methyl/N-ethyl adjacent to an activating group) is 1. The maximum atomic E-state index is 8.85. The molecule has 0 fully saturated rings. The average molecular weight is 138 g/mol. The number of nitrogens with zero attached hydrogens (tertiary/aromatic N) is 1. The van der Waals surface area contributed by atoms with Gasteiger partial charge in [0.2, 0.25) is 0 Å². The number of hydrogen-bond acceptors (Lipinski definition) is 2. The van der Waals surface area contributed by atoms with Crippen molar-refractivity contribution in [3.63, 3.8) is 0 Å². The minimum Gasteiger partial charge on any atom is -0.391 e. The fourth-order valence-corrected chi connectivity index (χ4v) is 0.568. The van der Waals surface area contributed by atoms with Crippen molar-refractivity contribution in [3.8, 4) is 0 Å². The Morgan fingerprint density at radius 1 is 1.62 bits per heavy atom. The summed E-state index contributed by atoms with van der Waals surface area (Å²) in [5, 5.41) is 8.85. The quantitative estimate of drug-likeness (QED) is 0.560. The van der Waals surface area contributed by atoms with Gasteiger partial charge in [-0.3, -0.25) is 0 Å². The highest BCUT2D eigenvalue weighted by atomic mass is 35.5. The van der Waals surface area contributed by atoms with Crippen molar-refractivity contribution in [2.45, 2.75) is 6.10 Å². The van der Waals surface area contributed by atoms with E-state index < -0.39 is 0 Å². The van der Waals surface area contributed by atoms with Gasteiger partial charge >= 0.3 is 0 Å². The summed E-state index contributed by atoms with van der Waals surface area (Å²) < 4.78 is 0. The van der Waals surface area contributed by atoms with Crippen LogP contribution in [-0.4, -0.2) is 42.6 Å². The summed E-state index contributed by atoms with van der Waals surface area (Å²) in [4.78, 5) is 1.90. The third kappa shape index (κ3) is 4.37. The Bertz CT molecular complexity index is 58.4. The molecule has 0 aromatic carbocycles. The summed E-state index contributed by atoms with van der Waals surface area (Å²) in [7, 11) is 3.80. The van der Waals surface area contributed by atoms with E-state index in [-0.39, 0.29) is 6.10 Å². The first-order valence-corrected chi connectivity index (χ1v) is 3.09. The van der Waals surface area contributed by atoms with Gasteiger partial charge in [-0.2, -0.15) is 0 Å². The third-order valence-corrected chi connectivity index (χ3v) is 1.11. The smallest absolute Gasteiger partial charge is 0.0801 e. The lowest BCUT2D eigenvalue weighted by Gasteiger charge is -2.12. The largest absolute Gasteiger partial charge is 0.391 e. The fraction of sp³-hybridized carbons (Fsp3) is 1.00. The lowest BCUT2D eigenvalue weighted by Crippen LogP contribution is -2.26. The molecule has 8 heavy (non-hydrogen) atoms. The minimum atomic E-state index is -0.383. The highest BCUT2D eigenvalue weighted by Crippen LogP contribution is 1.87. The summed E-state index contributed by atoms with van der Waals surface area (Å²) in [5.41, 5.74) is 0. The maximum Gasteiger partial charge on any atom is 0.0801 e. The highest BCUT2D eigenvalue weighted by Gasteiger charge is 2.00. The molecule has 0 amide bonds. The van der Waals surface area contributed by atoms with Crippen molar-refractivity contribution in [3.05, 3.63) is 0 Å². The molecule has 1 unspecified atom stereocenters. The van der Waals surface area contributed by atoms with Crippen LogP contribution in [0.5, 0.6) is 0 Å². The van der Waals surface area contributed by atoms with Crippen LogP contribution in [0.3, 0.4) is 0 Å². The van der Waals surface area contributed by atoms with Crippen molar-refractivity contribution >= 4 is 11.6 Å². The molecule has 1 N–H and O–H groups in total. The van der Waals surface area contributed by atoms with Crippen molar-refractivity contribution in [2.24, 2.45) is 0 Å². The van der Waals surface area contributed by atoms with E-state index in [0.29, 0.717) is 12.4 Å². The van der Waals surface area contributed by atoms with E-state index in [9.17, 15) is 0 Å². The maximum absolute atomic E-state index is 8.85.